The van der Waals surface area contributed by atoms with Gasteiger partial charge in [0.15, 0.2) is 11.9 Å². The standard InChI is InChI=1S/C23H27N3O5/c1-3-19(22(28)24-20-15-16(2)31-25-20)30-23(29)18-11-13-26(14-12-18)21(27)10-9-17-7-5-4-6-8-17/h4-10,15,18-19H,3,11-14H2,1-2H3,(H,24,25,28)/b10-9+. The van der Waals surface area contributed by atoms with Gasteiger partial charge < -0.3 is 19.5 Å². The lowest BCUT2D eigenvalue weighted by Gasteiger charge is -2.30. The SMILES string of the molecule is CCC(OC(=O)C1CCN(C(=O)/C=C/c2ccccc2)CC1)C(=O)Nc1cc(C)on1. The summed E-state index contributed by atoms with van der Waals surface area (Å²) in [5.41, 5.74) is 0.957. The van der Waals surface area contributed by atoms with Crippen LogP contribution >= 0.6 is 0 Å². The minimum atomic E-state index is -0.905. The molecule has 3 rings (SSSR count). The van der Waals surface area contributed by atoms with Gasteiger partial charge in [-0.2, -0.15) is 0 Å². The number of hydrogen-bond acceptors (Lipinski definition) is 6. The van der Waals surface area contributed by atoms with Gasteiger partial charge in [0.05, 0.1) is 5.92 Å². The normalized spacial score (nSPS) is 15.6. The Morgan fingerprint density at radius 2 is 1.97 bits per heavy atom. The van der Waals surface area contributed by atoms with Crippen molar-refractivity contribution in [3.8, 4) is 0 Å². The lowest BCUT2D eigenvalue weighted by atomic mass is 9.96. The molecule has 2 heterocycles. The van der Waals surface area contributed by atoms with Crippen LogP contribution in [0.1, 0.15) is 37.5 Å². The van der Waals surface area contributed by atoms with Gasteiger partial charge in [-0.3, -0.25) is 14.4 Å². The Morgan fingerprint density at radius 3 is 2.58 bits per heavy atom. The third-order valence-electron chi connectivity index (χ3n) is 5.16. The monoisotopic (exact) mass is 425 g/mol. The molecule has 1 saturated heterocycles. The van der Waals surface area contributed by atoms with Gasteiger partial charge in [0, 0.05) is 25.2 Å². The highest BCUT2D eigenvalue weighted by Crippen LogP contribution is 2.21. The van der Waals surface area contributed by atoms with Crippen LogP contribution in [0.25, 0.3) is 6.08 Å². The van der Waals surface area contributed by atoms with E-state index in [2.05, 4.69) is 10.5 Å². The number of carbonyl (C=O) groups excluding carboxylic acids is 3. The predicted octanol–water partition coefficient (Wildman–Crippen LogP) is 3.20. The molecule has 1 aliphatic rings. The first-order valence-electron chi connectivity index (χ1n) is 10.4. The second-order valence-corrected chi connectivity index (χ2v) is 7.49. The number of nitrogens with one attached hydrogen (secondary N) is 1. The second kappa shape index (κ2) is 10.6. The molecule has 1 atom stereocenters. The van der Waals surface area contributed by atoms with Gasteiger partial charge in [0.25, 0.3) is 5.91 Å². The molecular weight excluding hydrogens is 398 g/mol. The van der Waals surface area contributed by atoms with Crippen molar-refractivity contribution in [3.63, 3.8) is 0 Å². The number of amides is 2. The number of likely N-dealkylation sites (tertiary alicyclic amines) is 1. The minimum absolute atomic E-state index is 0.0793. The van der Waals surface area contributed by atoms with Crippen molar-refractivity contribution in [2.45, 2.75) is 39.2 Å². The van der Waals surface area contributed by atoms with Crippen LogP contribution in [0.3, 0.4) is 0 Å². The highest BCUT2D eigenvalue weighted by atomic mass is 16.5. The minimum Gasteiger partial charge on any atom is -0.452 e. The average Bonchev–Trinajstić information content (AvgIpc) is 3.20. The van der Waals surface area contributed by atoms with Crippen LogP contribution in [-0.4, -0.2) is 47.0 Å². The van der Waals surface area contributed by atoms with E-state index in [0.29, 0.717) is 38.1 Å². The number of aromatic nitrogens is 1. The van der Waals surface area contributed by atoms with E-state index in [9.17, 15) is 14.4 Å². The second-order valence-electron chi connectivity index (χ2n) is 7.49. The van der Waals surface area contributed by atoms with Gasteiger partial charge in [-0.1, -0.05) is 42.4 Å². The summed E-state index contributed by atoms with van der Waals surface area (Å²) in [5, 5.41) is 6.30. The van der Waals surface area contributed by atoms with E-state index in [1.54, 1.807) is 37.0 Å². The number of ether oxygens (including phenoxy) is 1. The summed E-state index contributed by atoms with van der Waals surface area (Å²) in [6.45, 7) is 4.43. The number of carbonyl (C=O) groups is 3. The molecule has 1 unspecified atom stereocenters. The molecule has 8 nitrogen and oxygen atoms in total. The fraction of sp³-hybridized carbons (Fsp3) is 0.391. The zero-order chi connectivity index (χ0) is 22.2. The topological polar surface area (TPSA) is 102 Å². The summed E-state index contributed by atoms with van der Waals surface area (Å²) < 4.78 is 10.4. The number of rotatable bonds is 7. The number of hydrogen-bond donors (Lipinski definition) is 1. The van der Waals surface area contributed by atoms with Gasteiger partial charge in [-0.05, 0) is 37.8 Å². The van der Waals surface area contributed by atoms with Crippen LogP contribution in [0.5, 0.6) is 0 Å². The number of anilines is 1. The molecule has 0 radical (unpaired) electrons. The van der Waals surface area contributed by atoms with Crippen LogP contribution in [-0.2, 0) is 19.1 Å². The van der Waals surface area contributed by atoms with Crippen LogP contribution < -0.4 is 5.32 Å². The van der Waals surface area contributed by atoms with Crippen molar-refractivity contribution < 1.29 is 23.6 Å². The van der Waals surface area contributed by atoms with E-state index < -0.39 is 18.0 Å². The zero-order valence-corrected chi connectivity index (χ0v) is 17.7. The van der Waals surface area contributed by atoms with Crippen molar-refractivity contribution in [2.24, 2.45) is 5.92 Å². The van der Waals surface area contributed by atoms with Gasteiger partial charge in [-0.15, -0.1) is 0 Å². The first-order valence-corrected chi connectivity index (χ1v) is 10.4. The Balaban J connectivity index is 1.47. The molecule has 164 valence electrons. The first kappa shape index (κ1) is 22.3. The molecule has 8 heteroatoms. The Kier molecular flexibility index (Phi) is 7.59. The fourth-order valence-electron chi connectivity index (χ4n) is 3.36. The summed E-state index contributed by atoms with van der Waals surface area (Å²) in [6, 6.07) is 11.2. The number of nitrogens with zero attached hydrogens (tertiary/aromatic N) is 2. The highest BCUT2D eigenvalue weighted by Gasteiger charge is 2.31. The maximum Gasteiger partial charge on any atom is 0.309 e. The Morgan fingerprint density at radius 1 is 1.26 bits per heavy atom. The van der Waals surface area contributed by atoms with Crippen molar-refractivity contribution in [1.29, 1.82) is 0 Å². The highest BCUT2D eigenvalue weighted by molar-refractivity contribution is 5.95. The van der Waals surface area contributed by atoms with E-state index in [4.69, 9.17) is 9.26 Å². The number of aryl methyl sites for hydroxylation is 1. The smallest absolute Gasteiger partial charge is 0.309 e. The van der Waals surface area contributed by atoms with E-state index in [-0.39, 0.29) is 17.6 Å². The molecule has 1 aromatic carbocycles. The third kappa shape index (κ3) is 6.28. The molecule has 1 N–H and O–H groups in total. The molecule has 2 aromatic rings. The van der Waals surface area contributed by atoms with Crippen molar-refractivity contribution in [3.05, 3.63) is 53.8 Å². The molecule has 31 heavy (non-hydrogen) atoms. The van der Waals surface area contributed by atoms with Crippen molar-refractivity contribution >= 4 is 29.7 Å². The molecule has 1 aromatic heterocycles. The quantitative estimate of drug-likeness (QED) is 0.540. The number of benzene rings is 1. The molecule has 0 spiro atoms. The van der Waals surface area contributed by atoms with E-state index in [1.807, 2.05) is 30.3 Å². The summed E-state index contributed by atoms with van der Waals surface area (Å²) in [4.78, 5) is 39.0. The summed E-state index contributed by atoms with van der Waals surface area (Å²) in [5.74, 6) is -0.414. The van der Waals surface area contributed by atoms with Crippen LogP contribution in [0.2, 0.25) is 0 Å². The third-order valence-corrected chi connectivity index (χ3v) is 5.16. The summed E-state index contributed by atoms with van der Waals surface area (Å²) >= 11 is 0. The Hall–Kier alpha value is -3.42. The maximum atomic E-state index is 12.6. The molecule has 0 aliphatic carbocycles. The zero-order valence-electron chi connectivity index (χ0n) is 17.7. The van der Waals surface area contributed by atoms with Crippen LogP contribution in [0, 0.1) is 12.8 Å². The summed E-state index contributed by atoms with van der Waals surface area (Å²) in [6.07, 6.45) is 3.78. The fourth-order valence-corrected chi connectivity index (χ4v) is 3.36. The summed E-state index contributed by atoms with van der Waals surface area (Å²) in [7, 11) is 0. The molecule has 1 aliphatic heterocycles. The molecule has 2 amide bonds. The lowest BCUT2D eigenvalue weighted by Crippen LogP contribution is -2.41. The molecule has 0 saturated carbocycles. The number of esters is 1. The van der Waals surface area contributed by atoms with Gasteiger partial charge in [0.2, 0.25) is 5.91 Å². The molecular formula is C23H27N3O5. The van der Waals surface area contributed by atoms with Gasteiger partial charge >= 0.3 is 5.97 Å². The lowest BCUT2D eigenvalue weighted by molar-refractivity contribution is -0.160. The molecule has 0 bridgehead atoms. The van der Waals surface area contributed by atoms with Crippen molar-refractivity contribution in [1.82, 2.24) is 10.1 Å². The van der Waals surface area contributed by atoms with Crippen LogP contribution in [0.15, 0.2) is 47.0 Å². The van der Waals surface area contributed by atoms with Gasteiger partial charge in [-0.25, -0.2) is 0 Å². The molecule has 1 fully saturated rings. The van der Waals surface area contributed by atoms with E-state index in [0.717, 1.165) is 5.56 Å². The predicted molar refractivity (Wildman–Crippen MR) is 115 cm³/mol. The largest absolute Gasteiger partial charge is 0.452 e. The van der Waals surface area contributed by atoms with Gasteiger partial charge in [0.1, 0.15) is 5.76 Å². The van der Waals surface area contributed by atoms with E-state index >= 15 is 0 Å². The average molecular weight is 425 g/mol. The van der Waals surface area contributed by atoms with E-state index in [1.165, 1.54) is 0 Å². The van der Waals surface area contributed by atoms with Crippen molar-refractivity contribution in [2.75, 3.05) is 18.4 Å². The van der Waals surface area contributed by atoms with Crippen LogP contribution in [0.4, 0.5) is 5.82 Å². The first-order chi connectivity index (χ1) is 15.0. The Labute approximate surface area is 181 Å². The maximum absolute atomic E-state index is 12.6. The Bertz CT molecular complexity index is 930. The number of piperidine rings is 1.